The Kier molecular flexibility index (Phi) is 4.58. The summed E-state index contributed by atoms with van der Waals surface area (Å²) >= 11 is 5.87. The number of esters is 1. The number of fused-ring (bicyclic) bond motifs is 1. The van der Waals surface area contributed by atoms with Gasteiger partial charge < -0.3 is 10.1 Å². The summed E-state index contributed by atoms with van der Waals surface area (Å²) in [4.78, 5) is 38.6. The molecule has 2 aromatic carbocycles. The number of hydrogen-bond donors (Lipinski definition) is 1. The van der Waals surface area contributed by atoms with Crippen molar-refractivity contribution < 1.29 is 19.1 Å². The number of nitrogens with one attached hydrogen (secondary N) is 1. The molecule has 0 aliphatic carbocycles. The lowest BCUT2D eigenvalue weighted by atomic mass is 10.1. The molecule has 0 spiro atoms. The third kappa shape index (κ3) is 3.28. The predicted molar refractivity (Wildman–Crippen MR) is 97.8 cm³/mol. The van der Waals surface area contributed by atoms with Crippen LogP contribution in [0.4, 0.5) is 0 Å². The number of hydrogen-bond acceptors (Lipinski definition) is 4. The second kappa shape index (κ2) is 7.04. The molecule has 138 valence electrons. The molecule has 0 bridgehead atoms. The summed E-state index contributed by atoms with van der Waals surface area (Å²) in [5, 5.41) is 3.48. The monoisotopic (exact) mass is 384 g/mol. The third-order valence-electron chi connectivity index (χ3n) is 4.86. The van der Waals surface area contributed by atoms with Crippen molar-refractivity contribution in [2.45, 2.75) is 31.7 Å². The van der Waals surface area contributed by atoms with Crippen LogP contribution in [0.15, 0.2) is 48.5 Å². The summed E-state index contributed by atoms with van der Waals surface area (Å²) in [6, 6.07) is 13.4. The highest BCUT2D eigenvalue weighted by Gasteiger charge is 2.46. The van der Waals surface area contributed by atoms with Crippen LogP contribution in [0, 0.1) is 0 Å². The number of rotatable bonds is 4. The highest BCUT2D eigenvalue weighted by molar-refractivity contribution is 6.30. The third-order valence-corrected chi connectivity index (χ3v) is 5.11. The van der Waals surface area contributed by atoms with Crippen LogP contribution in [0.2, 0.25) is 5.02 Å². The number of carbonyl (C=O) groups excluding carboxylic acids is 3. The smallest absolute Gasteiger partial charge is 0.340 e. The number of halogens is 1. The van der Waals surface area contributed by atoms with E-state index in [9.17, 15) is 14.4 Å². The normalized spacial score (nSPS) is 21.1. The van der Waals surface area contributed by atoms with E-state index in [1.807, 2.05) is 12.1 Å². The number of amides is 2. The largest absolute Gasteiger partial charge is 0.433 e. The molecule has 7 heteroatoms. The molecule has 1 saturated heterocycles. The molecule has 2 aliphatic rings. The van der Waals surface area contributed by atoms with Gasteiger partial charge in [0, 0.05) is 23.6 Å². The highest BCUT2D eigenvalue weighted by Crippen LogP contribution is 2.38. The molecule has 2 amide bonds. The number of benzene rings is 2. The van der Waals surface area contributed by atoms with Crippen molar-refractivity contribution in [1.82, 2.24) is 10.2 Å². The molecule has 0 radical (unpaired) electrons. The zero-order valence-corrected chi connectivity index (χ0v) is 15.1. The van der Waals surface area contributed by atoms with E-state index in [1.54, 1.807) is 36.4 Å². The summed E-state index contributed by atoms with van der Waals surface area (Å²) in [6.07, 6.45) is -0.216. The van der Waals surface area contributed by atoms with Crippen LogP contribution < -0.4 is 5.32 Å². The summed E-state index contributed by atoms with van der Waals surface area (Å²) < 4.78 is 5.41. The van der Waals surface area contributed by atoms with Crippen LogP contribution in [0.25, 0.3) is 0 Å². The van der Waals surface area contributed by atoms with Crippen LogP contribution >= 0.6 is 11.6 Å². The molecular weight excluding hydrogens is 368 g/mol. The minimum atomic E-state index is -0.852. The standard InChI is InChI=1S/C20H17ClN2O4/c21-13-7-5-12(6-8-13)11-22-18(25)16-9-10-17(24)23(16)19-14-3-1-2-4-15(14)20(26)27-19/h1-8,16,19H,9-11H2,(H,22,25)/t16-,19-/m1/s1. The summed E-state index contributed by atoms with van der Waals surface area (Å²) in [6.45, 7) is 0.329. The first-order valence-electron chi connectivity index (χ1n) is 8.68. The lowest BCUT2D eigenvalue weighted by Crippen LogP contribution is -2.46. The number of ether oxygens (including phenoxy) is 1. The first kappa shape index (κ1) is 17.5. The molecule has 2 atom stereocenters. The Hall–Kier alpha value is -2.86. The van der Waals surface area contributed by atoms with Gasteiger partial charge >= 0.3 is 5.97 Å². The van der Waals surface area contributed by atoms with Crippen LogP contribution in [0.5, 0.6) is 0 Å². The summed E-state index contributed by atoms with van der Waals surface area (Å²) in [5.74, 6) is -0.942. The van der Waals surface area contributed by atoms with Gasteiger partial charge in [0.2, 0.25) is 18.0 Å². The minimum Gasteiger partial charge on any atom is -0.433 e. The Labute approximate surface area is 161 Å². The van der Waals surface area contributed by atoms with E-state index in [0.717, 1.165) is 5.56 Å². The fraction of sp³-hybridized carbons (Fsp3) is 0.250. The van der Waals surface area contributed by atoms with E-state index in [1.165, 1.54) is 4.90 Å². The minimum absolute atomic E-state index is 0.198. The molecule has 1 N–H and O–H groups in total. The summed E-state index contributed by atoms with van der Waals surface area (Å²) in [7, 11) is 0. The zero-order valence-electron chi connectivity index (χ0n) is 14.4. The van der Waals surface area contributed by atoms with Gasteiger partial charge in [0.05, 0.1) is 5.56 Å². The van der Waals surface area contributed by atoms with Gasteiger partial charge in [-0.1, -0.05) is 41.9 Å². The Morgan fingerprint density at radius 1 is 1.15 bits per heavy atom. The van der Waals surface area contributed by atoms with Crippen LogP contribution in [0.1, 0.15) is 40.6 Å². The lowest BCUT2D eigenvalue weighted by Gasteiger charge is -2.29. The second-order valence-corrected chi connectivity index (χ2v) is 6.98. The van der Waals surface area contributed by atoms with E-state index in [-0.39, 0.29) is 18.2 Å². The highest BCUT2D eigenvalue weighted by atomic mass is 35.5. The molecule has 0 unspecified atom stereocenters. The number of cyclic esters (lactones) is 1. The Morgan fingerprint density at radius 3 is 2.67 bits per heavy atom. The first-order chi connectivity index (χ1) is 13.0. The molecule has 0 aromatic heterocycles. The van der Waals surface area contributed by atoms with E-state index in [4.69, 9.17) is 16.3 Å². The number of carbonyl (C=O) groups is 3. The zero-order chi connectivity index (χ0) is 19.0. The van der Waals surface area contributed by atoms with Gasteiger partial charge in [0.25, 0.3) is 0 Å². The van der Waals surface area contributed by atoms with Crippen LogP contribution in [0.3, 0.4) is 0 Å². The number of nitrogens with zero attached hydrogens (tertiary/aromatic N) is 1. The van der Waals surface area contributed by atoms with Gasteiger partial charge in [0.1, 0.15) is 6.04 Å². The average molecular weight is 385 g/mol. The van der Waals surface area contributed by atoms with Crippen molar-refractivity contribution in [1.29, 1.82) is 0 Å². The topological polar surface area (TPSA) is 75.7 Å². The lowest BCUT2D eigenvalue weighted by molar-refractivity contribution is -0.145. The molecule has 2 aliphatic heterocycles. The van der Waals surface area contributed by atoms with Gasteiger partial charge in [-0.05, 0) is 30.2 Å². The van der Waals surface area contributed by atoms with Gasteiger partial charge in [-0.15, -0.1) is 0 Å². The maximum absolute atomic E-state index is 12.7. The van der Waals surface area contributed by atoms with Gasteiger partial charge in [-0.2, -0.15) is 0 Å². The van der Waals surface area contributed by atoms with Crippen molar-refractivity contribution in [2.24, 2.45) is 0 Å². The maximum atomic E-state index is 12.7. The second-order valence-electron chi connectivity index (χ2n) is 6.54. The molecule has 27 heavy (non-hydrogen) atoms. The van der Waals surface area contributed by atoms with Gasteiger partial charge in [0.15, 0.2) is 0 Å². The molecular formula is C20H17ClN2O4. The quantitative estimate of drug-likeness (QED) is 0.822. The van der Waals surface area contributed by atoms with Gasteiger partial charge in [-0.25, -0.2) is 4.79 Å². The van der Waals surface area contributed by atoms with E-state index in [2.05, 4.69) is 5.32 Å². The summed E-state index contributed by atoms with van der Waals surface area (Å²) in [5.41, 5.74) is 1.96. The Morgan fingerprint density at radius 2 is 1.89 bits per heavy atom. The van der Waals surface area contributed by atoms with Gasteiger partial charge in [-0.3, -0.25) is 14.5 Å². The van der Waals surface area contributed by atoms with E-state index in [0.29, 0.717) is 29.1 Å². The average Bonchev–Trinajstić information content (AvgIpc) is 3.21. The van der Waals surface area contributed by atoms with Crippen molar-refractivity contribution in [2.75, 3.05) is 0 Å². The first-order valence-corrected chi connectivity index (χ1v) is 9.05. The molecule has 1 fully saturated rings. The molecule has 0 saturated carbocycles. The Balaban J connectivity index is 1.51. The van der Waals surface area contributed by atoms with E-state index >= 15 is 0 Å². The molecule has 2 heterocycles. The maximum Gasteiger partial charge on any atom is 0.340 e. The molecule has 6 nitrogen and oxygen atoms in total. The van der Waals surface area contributed by atoms with Crippen molar-refractivity contribution in [3.63, 3.8) is 0 Å². The van der Waals surface area contributed by atoms with Crippen molar-refractivity contribution >= 4 is 29.4 Å². The van der Waals surface area contributed by atoms with Crippen molar-refractivity contribution in [3.05, 3.63) is 70.2 Å². The predicted octanol–water partition coefficient (Wildman–Crippen LogP) is 2.82. The van der Waals surface area contributed by atoms with Crippen LogP contribution in [-0.4, -0.2) is 28.7 Å². The molecule has 4 rings (SSSR count). The SMILES string of the molecule is O=C1O[C@@H](N2C(=O)CC[C@@H]2C(=O)NCc2ccc(Cl)cc2)c2ccccc21. The Bertz CT molecular complexity index is 912. The molecule has 2 aromatic rings. The van der Waals surface area contributed by atoms with E-state index < -0.39 is 18.2 Å². The fourth-order valence-electron chi connectivity index (χ4n) is 3.50. The number of likely N-dealkylation sites (tertiary alicyclic amines) is 1. The fourth-order valence-corrected chi connectivity index (χ4v) is 3.62. The van der Waals surface area contributed by atoms with Crippen molar-refractivity contribution in [3.8, 4) is 0 Å². The van der Waals surface area contributed by atoms with Crippen LogP contribution in [-0.2, 0) is 20.9 Å².